The van der Waals surface area contributed by atoms with Gasteiger partial charge in [-0.25, -0.2) is 0 Å². The third kappa shape index (κ3) is 3.76. The molecule has 1 amide bonds. The maximum Gasteiger partial charge on any atom is 0.235 e. The van der Waals surface area contributed by atoms with Crippen LogP contribution in [0.5, 0.6) is 0 Å². The molecule has 0 radical (unpaired) electrons. The number of hydrogen-bond donors (Lipinski definition) is 1. The van der Waals surface area contributed by atoms with E-state index < -0.39 is 0 Å². The fourth-order valence-electron chi connectivity index (χ4n) is 2.74. The van der Waals surface area contributed by atoms with Crippen LogP contribution < -0.4 is 5.73 Å². The van der Waals surface area contributed by atoms with Crippen LogP contribution in [0.2, 0.25) is 0 Å². The summed E-state index contributed by atoms with van der Waals surface area (Å²) in [6, 6.07) is 0.424. The molecule has 2 saturated heterocycles. The fourth-order valence-corrected chi connectivity index (χ4v) is 3.97. The minimum Gasteiger partial charge on any atom is -0.339 e. The van der Waals surface area contributed by atoms with E-state index in [0.29, 0.717) is 18.5 Å². The molecule has 100 valence electrons. The van der Waals surface area contributed by atoms with Crippen molar-refractivity contribution in [3.63, 3.8) is 0 Å². The van der Waals surface area contributed by atoms with Gasteiger partial charge in [-0.15, -0.1) is 24.2 Å². The summed E-state index contributed by atoms with van der Waals surface area (Å²) in [4.78, 5) is 14.5. The summed E-state index contributed by atoms with van der Waals surface area (Å²) in [6.45, 7) is 1.66. The lowest BCUT2D eigenvalue weighted by Gasteiger charge is -2.37. The van der Waals surface area contributed by atoms with Crippen molar-refractivity contribution in [2.45, 2.75) is 49.8 Å². The molecule has 0 saturated carbocycles. The van der Waals surface area contributed by atoms with Gasteiger partial charge in [0.1, 0.15) is 0 Å². The molecular weight excluding hydrogens is 256 g/mol. The van der Waals surface area contributed by atoms with E-state index in [1.807, 2.05) is 11.8 Å². The molecule has 0 aromatic carbocycles. The van der Waals surface area contributed by atoms with Gasteiger partial charge in [0, 0.05) is 12.6 Å². The monoisotopic (exact) mass is 278 g/mol. The molecule has 2 aliphatic heterocycles. The summed E-state index contributed by atoms with van der Waals surface area (Å²) in [6.07, 6.45) is 6.84. The van der Waals surface area contributed by atoms with Crippen LogP contribution in [0.25, 0.3) is 0 Å². The van der Waals surface area contributed by atoms with E-state index in [9.17, 15) is 4.79 Å². The highest BCUT2D eigenvalue weighted by Gasteiger charge is 2.32. The molecule has 2 aliphatic rings. The van der Waals surface area contributed by atoms with Crippen molar-refractivity contribution in [3.8, 4) is 0 Å². The highest BCUT2D eigenvalue weighted by molar-refractivity contribution is 8.00. The Morgan fingerprint density at radius 3 is 2.76 bits per heavy atom. The van der Waals surface area contributed by atoms with E-state index in [4.69, 9.17) is 5.73 Å². The second-order valence-corrected chi connectivity index (χ2v) is 6.07. The van der Waals surface area contributed by atoms with Gasteiger partial charge < -0.3 is 10.6 Å². The molecule has 5 heteroatoms. The number of likely N-dealkylation sites (tertiary alicyclic amines) is 1. The number of rotatable bonds is 3. The largest absolute Gasteiger partial charge is 0.339 e. The zero-order chi connectivity index (χ0) is 11.4. The van der Waals surface area contributed by atoms with Crippen LogP contribution >= 0.6 is 24.2 Å². The van der Waals surface area contributed by atoms with Gasteiger partial charge in [-0.1, -0.05) is 0 Å². The first-order valence-electron chi connectivity index (χ1n) is 6.45. The Labute approximate surface area is 114 Å². The van der Waals surface area contributed by atoms with Gasteiger partial charge in [-0.3, -0.25) is 4.79 Å². The number of carbonyl (C=O) groups is 1. The molecule has 2 N–H and O–H groups in total. The predicted octanol–water partition coefficient (Wildman–Crippen LogP) is 2.03. The fraction of sp³-hybridized carbons (Fsp3) is 0.917. The smallest absolute Gasteiger partial charge is 0.235 e. The quantitative estimate of drug-likeness (QED) is 0.859. The first kappa shape index (κ1) is 15.1. The maximum atomic E-state index is 12.3. The number of nitrogens with zero attached hydrogens (tertiary/aromatic N) is 1. The van der Waals surface area contributed by atoms with E-state index in [0.717, 1.165) is 31.6 Å². The molecule has 0 spiro atoms. The Morgan fingerprint density at radius 2 is 2.12 bits per heavy atom. The first-order chi connectivity index (χ1) is 7.83. The molecule has 2 unspecified atom stereocenters. The highest BCUT2D eigenvalue weighted by Crippen LogP contribution is 2.30. The van der Waals surface area contributed by atoms with E-state index in [1.54, 1.807) is 0 Å². The molecule has 17 heavy (non-hydrogen) atoms. The standard InChI is InChI=1S/C12H22N2OS.ClH/c13-7-6-10-4-1-2-8-14(10)12(15)11-5-3-9-16-11;/h10-11H,1-9,13H2;1H. The molecule has 2 atom stereocenters. The second-order valence-electron chi connectivity index (χ2n) is 4.76. The summed E-state index contributed by atoms with van der Waals surface area (Å²) < 4.78 is 0. The number of piperidine rings is 1. The summed E-state index contributed by atoms with van der Waals surface area (Å²) in [5.74, 6) is 1.55. The maximum absolute atomic E-state index is 12.3. The number of amides is 1. The van der Waals surface area contributed by atoms with E-state index in [-0.39, 0.29) is 17.7 Å². The molecule has 2 fully saturated rings. The van der Waals surface area contributed by atoms with Gasteiger partial charge in [0.25, 0.3) is 0 Å². The Hall–Kier alpha value is 0.0700. The van der Waals surface area contributed by atoms with Gasteiger partial charge in [0.2, 0.25) is 5.91 Å². The van der Waals surface area contributed by atoms with Gasteiger partial charge >= 0.3 is 0 Å². The number of hydrogen-bond acceptors (Lipinski definition) is 3. The summed E-state index contributed by atoms with van der Waals surface area (Å²) in [5.41, 5.74) is 5.63. The van der Waals surface area contributed by atoms with Crippen molar-refractivity contribution in [1.29, 1.82) is 0 Å². The van der Waals surface area contributed by atoms with Crippen molar-refractivity contribution in [1.82, 2.24) is 4.90 Å². The highest BCUT2D eigenvalue weighted by atomic mass is 35.5. The zero-order valence-corrected chi connectivity index (χ0v) is 11.9. The van der Waals surface area contributed by atoms with Crippen LogP contribution in [0.4, 0.5) is 0 Å². The lowest BCUT2D eigenvalue weighted by molar-refractivity contribution is -0.134. The number of thioether (sulfide) groups is 1. The minimum atomic E-state index is 0. The summed E-state index contributed by atoms with van der Waals surface area (Å²) in [5, 5.41) is 0.248. The number of halogens is 1. The summed E-state index contributed by atoms with van der Waals surface area (Å²) >= 11 is 1.84. The normalized spacial score (nSPS) is 28.9. The van der Waals surface area contributed by atoms with Crippen LogP contribution in [-0.4, -0.2) is 40.9 Å². The van der Waals surface area contributed by atoms with Crippen molar-refractivity contribution >= 4 is 30.1 Å². The van der Waals surface area contributed by atoms with Gasteiger partial charge in [0.05, 0.1) is 5.25 Å². The SMILES string of the molecule is Cl.NCCC1CCCCN1C(=O)C1CCCS1. The number of carbonyl (C=O) groups excluding carboxylic acids is 1. The van der Waals surface area contributed by atoms with Crippen LogP contribution in [0.1, 0.15) is 38.5 Å². The molecule has 2 rings (SSSR count). The lowest BCUT2D eigenvalue weighted by atomic mass is 9.98. The minimum absolute atomic E-state index is 0. The van der Waals surface area contributed by atoms with Crippen molar-refractivity contribution in [2.24, 2.45) is 5.73 Å². The van der Waals surface area contributed by atoms with Gasteiger partial charge in [-0.05, 0) is 50.8 Å². The van der Waals surface area contributed by atoms with Crippen LogP contribution in [0.15, 0.2) is 0 Å². The average molecular weight is 279 g/mol. The molecule has 0 bridgehead atoms. The molecule has 0 aromatic heterocycles. The van der Waals surface area contributed by atoms with Crippen molar-refractivity contribution in [3.05, 3.63) is 0 Å². The topological polar surface area (TPSA) is 46.3 Å². The van der Waals surface area contributed by atoms with Crippen LogP contribution in [-0.2, 0) is 4.79 Å². The average Bonchev–Trinajstić information content (AvgIpc) is 2.83. The second kappa shape index (κ2) is 7.49. The molecular formula is C12H23ClN2OS. The van der Waals surface area contributed by atoms with E-state index >= 15 is 0 Å². The third-order valence-corrected chi connectivity index (χ3v) is 4.98. The Kier molecular flexibility index (Phi) is 6.67. The van der Waals surface area contributed by atoms with E-state index in [2.05, 4.69) is 4.90 Å². The van der Waals surface area contributed by atoms with Gasteiger partial charge in [-0.2, -0.15) is 0 Å². The predicted molar refractivity (Wildman–Crippen MR) is 75.8 cm³/mol. The first-order valence-corrected chi connectivity index (χ1v) is 7.50. The van der Waals surface area contributed by atoms with E-state index in [1.165, 1.54) is 19.3 Å². The van der Waals surface area contributed by atoms with Gasteiger partial charge in [0.15, 0.2) is 0 Å². The molecule has 0 aliphatic carbocycles. The third-order valence-electron chi connectivity index (χ3n) is 3.62. The number of nitrogens with two attached hydrogens (primary N) is 1. The van der Waals surface area contributed by atoms with Crippen molar-refractivity contribution < 1.29 is 4.79 Å². The molecule has 0 aromatic rings. The molecule has 2 heterocycles. The van der Waals surface area contributed by atoms with Crippen molar-refractivity contribution in [2.75, 3.05) is 18.8 Å². The Bertz CT molecular complexity index is 245. The van der Waals surface area contributed by atoms with Crippen LogP contribution in [0, 0.1) is 0 Å². The molecule has 3 nitrogen and oxygen atoms in total. The lowest BCUT2D eigenvalue weighted by Crippen LogP contribution is -2.47. The Balaban J connectivity index is 0.00000144. The van der Waals surface area contributed by atoms with Crippen LogP contribution in [0.3, 0.4) is 0 Å². The summed E-state index contributed by atoms with van der Waals surface area (Å²) in [7, 11) is 0. The Morgan fingerprint density at radius 1 is 1.29 bits per heavy atom. The zero-order valence-electron chi connectivity index (χ0n) is 10.3.